The number of carbonyl (C=O) groups excluding carboxylic acids is 1. The van der Waals surface area contributed by atoms with E-state index in [-0.39, 0.29) is 24.2 Å². The highest BCUT2D eigenvalue weighted by atomic mass is 35.5. The van der Waals surface area contributed by atoms with Crippen molar-refractivity contribution in [3.05, 3.63) is 0 Å². The van der Waals surface area contributed by atoms with Gasteiger partial charge in [-0.05, 0) is 24.7 Å². The third-order valence-corrected chi connectivity index (χ3v) is 2.54. The second kappa shape index (κ2) is 2.10. The van der Waals surface area contributed by atoms with Crippen LogP contribution < -0.4 is 11.3 Å². The summed E-state index contributed by atoms with van der Waals surface area (Å²) in [4.78, 5) is 10.8. The summed E-state index contributed by atoms with van der Waals surface area (Å²) in [6.07, 6.45) is 3.56. The SMILES string of the molecule is Cl.NNC(=O)C1CC12CC2. The van der Waals surface area contributed by atoms with Crippen molar-refractivity contribution in [2.45, 2.75) is 19.3 Å². The Hall–Kier alpha value is -0.280. The molecular weight excluding hydrogens is 152 g/mol. The van der Waals surface area contributed by atoms with Gasteiger partial charge in [-0.25, -0.2) is 5.84 Å². The van der Waals surface area contributed by atoms with Crippen molar-refractivity contribution in [2.24, 2.45) is 17.2 Å². The van der Waals surface area contributed by atoms with E-state index in [4.69, 9.17) is 5.84 Å². The Morgan fingerprint density at radius 3 is 2.50 bits per heavy atom. The van der Waals surface area contributed by atoms with Gasteiger partial charge in [0.1, 0.15) is 0 Å². The topological polar surface area (TPSA) is 55.1 Å². The Bertz CT molecular complexity index is 167. The summed E-state index contributed by atoms with van der Waals surface area (Å²) in [5.41, 5.74) is 2.63. The lowest BCUT2D eigenvalue weighted by Gasteiger charge is -1.92. The minimum atomic E-state index is 0. The molecule has 2 fully saturated rings. The van der Waals surface area contributed by atoms with Gasteiger partial charge < -0.3 is 0 Å². The van der Waals surface area contributed by atoms with Crippen molar-refractivity contribution in [1.29, 1.82) is 0 Å². The monoisotopic (exact) mass is 162 g/mol. The largest absolute Gasteiger partial charge is 0.294 e. The third kappa shape index (κ3) is 0.896. The van der Waals surface area contributed by atoms with Crippen molar-refractivity contribution in [3.8, 4) is 0 Å². The molecule has 3 nitrogen and oxygen atoms in total. The number of carbonyl (C=O) groups is 1. The first-order valence-corrected chi connectivity index (χ1v) is 3.29. The van der Waals surface area contributed by atoms with Crippen molar-refractivity contribution >= 4 is 18.3 Å². The molecular formula is C6H11ClN2O. The summed E-state index contributed by atoms with van der Waals surface area (Å²) in [5, 5.41) is 0. The number of hydrogen-bond donors (Lipinski definition) is 2. The van der Waals surface area contributed by atoms with Crippen LogP contribution in [0.3, 0.4) is 0 Å². The fraction of sp³-hybridized carbons (Fsp3) is 0.833. The van der Waals surface area contributed by atoms with Gasteiger partial charge in [0.15, 0.2) is 0 Å². The molecule has 58 valence electrons. The van der Waals surface area contributed by atoms with Gasteiger partial charge in [-0.2, -0.15) is 0 Å². The maximum absolute atomic E-state index is 10.8. The standard InChI is InChI=1S/C6H10N2O.ClH/c7-8-5(9)4-3-6(4)1-2-6;/h4H,1-3,7H2,(H,8,9);1H. The lowest BCUT2D eigenvalue weighted by atomic mass is 10.3. The van der Waals surface area contributed by atoms with Crippen LogP contribution in [0, 0.1) is 11.3 Å². The van der Waals surface area contributed by atoms with Crippen LogP contribution in [0.2, 0.25) is 0 Å². The normalized spacial score (nSPS) is 30.7. The van der Waals surface area contributed by atoms with Gasteiger partial charge in [0.25, 0.3) is 0 Å². The first-order valence-electron chi connectivity index (χ1n) is 3.29. The zero-order chi connectivity index (χ0) is 6.48. The molecule has 0 heterocycles. The summed E-state index contributed by atoms with van der Waals surface area (Å²) < 4.78 is 0. The zero-order valence-corrected chi connectivity index (χ0v) is 6.41. The molecule has 3 N–H and O–H groups in total. The Morgan fingerprint density at radius 1 is 1.60 bits per heavy atom. The van der Waals surface area contributed by atoms with Gasteiger partial charge in [0.05, 0.1) is 0 Å². The van der Waals surface area contributed by atoms with E-state index in [1.807, 2.05) is 0 Å². The van der Waals surface area contributed by atoms with Crippen LogP contribution in [0.1, 0.15) is 19.3 Å². The molecule has 1 spiro atoms. The number of halogens is 1. The highest BCUT2D eigenvalue weighted by Gasteiger charge is 2.65. The number of nitrogens with one attached hydrogen (secondary N) is 1. The van der Waals surface area contributed by atoms with Gasteiger partial charge in [-0.3, -0.25) is 10.2 Å². The van der Waals surface area contributed by atoms with Crippen molar-refractivity contribution in [3.63, 3.8) is 0 Å². The van der Waals surface area contributed by atoms with Crippen LogP contribution in [0.4, 0.5) is 0 Å². The molecule has 2 aliphatic rings. The maximum Gasteiger partial charge on any atom is 0.237 e. The Morgan fingerprint density at radius 2 is 2.20 bits per heavy atom. The summed E-state index contributed by atoms with van der Waals surface area (Å²) in [6.45, 7) is 0. The molecule has 0 radical (unpaired) electrons. The fourth-order valence-electron chi connectivity index (χ4n) is 1.53. The van der Waals surface area contributed by atoms with Crippen LogP contribution in [0.15, 0.2) is 0 Å². The lowest BCUT2D eigenvalue weighted by Crippen LogP contribution is -2.31. The van der Waals surface area contributed by atoms with Crippen LogP contribution >= 0.6 is 12.4 Å². The van der Waals surface area contributed by atoms with E-state index in [1.165, 1.54) is 12.8 Å². The Labute approximate surface area is 65.7 Å². The number of amides is 1. The van der Waals surface area contributed by atoms with Crippen LogP contribution in [-0.4, -0.2) is 5.91 Å². The molecule has 1 atom stereocenters. The highest BCUT2D eigenvalue weighted by Crippen LogP contribution is 2.70. The van der Waals surface area contributed by atoms with E-state index in [0.29, 0.717) is 5.41 Å². The van der Waals surface area contributed by atoms with E-state index in [2.05, 4.69) is 5.43 Å². The first kappa shape index (κ1) is 7.82. The number of rotatable bonds is 1. The molecule has 4 heteroatoms. The molecule has 1 unspecified atom stereocenters. The second-order valence-corrected chi connectivity index (χ2v) is 3.13. The molecule has 2 rings (SSSR count). The quantitative estimate of drug-likeness (QED) is 0.329. The number of hydrogen-bond acceptors (Lipinski definition) is 2. The predicted molar refractivity (Wildman–Crippen MR) is 39.4 cm³/mol. The predicted octanol–water partition coefficient (Wildman–Crippen LogP) is 0.198. The summed E-state index contributed by atoms with van der Waals surface area (Å²) in [6, 6.07) is 0. The van der Waals surface area contributed by atoms with Crippen molar-refractivity contribution in [2.75, 3.05) is 0 Å². The molecule has 0 saturated heterocycles. The van der Waals surface area contributed by atoms with Crippen LogP contribution in [-0.2, 0) is 4.79 Å². The average molecular weight is 163 g/mol. The zero-order valence-electron chi connectivity index (χ0n) is 5.59. The summed E-state index contributed by atoms with van der Waals surface area (Å²) in [5.74, 6) is 5.26. The molecule has 0 aromatic carbocycles. The molecule has 0 aromatic rings. The molecule has 10 heavy (non-hydrogen) atoms. The van der Waals surface area contributed by atoms with Crippen molar-refractivity contribution < 1.29 is 4.79 Å². The van der Waals surface area contributed by atoms with E-state index in [9.17, 15) is 4.79 Å². The van der Waals surface area contributed by atoms with E-state index in [1.54, 1.807) is 0 Å². The molecule has 2 saturated carbocycles. The molecule has 0 aromatic heterocycles. The smallest absolute Gasteiger partial charge is 0.237 e. The Kier molecular flexibility index (Phi) is 1.65. The first-order chi connectivity index (χ1) is 4.28. The molecule has 0 bridgehead atoms. The second-order valence-electron chi connectivity index (χ2n) is 3.13. The van der Waals surface area contributed by atoms with Gasteiger partial charge in [0.2, 0.25) is 5.91 Å². The number of hydrazine groups is 1. The van der Waals surface area contributed by atoms with Crippen LogP contribution in [0.5, 0.6) is 0 Å². The minimum Gasteiger partial charge on any atom is -0.294 e. The lowest BCUT2D eigenvalue weighted by molar-refractivity contribution is -0.122. The highest BCUT2D eigenvalue weighted by molar-refractivity contribution is 5.85. The van der Waals surface area contributed by atoms with E-state index >= 15 is 0 Å². The van der Waals surface area contributed by atoms with Gasteiger partial charge in [-0.15, -0.1) is 12.4 Å². The molecule has 0 aliphatic heterocycles. The fourth-order valence-corrected chi connectivity index (χ4v) is 1.53. The molecule has 2 aliphatic carbocycles. The summed E-state index contributed by atoms with van der Waals surface area (Å²) >= 11 is 0. The average Bonchev–Trinajstić information content (AvgIpc) is 2.74. The minimum absolute atomic E-state index is 0. The number of nitrogens with two attached hydrogens (primary N) is 1. The van der Waals surface area contributed by atoms with Gasteiger partial charge >= 0.3 is 0 Å². The third-order valence-electron chi connectivity index (χ3n) is 2.54. The van der Waals surface area contributed by atoms with Crippen molar-refractivity contribution in [1.82, 2.24) is 5.43 Å². The van der Waals surface area contributed by atoms with Crippen LogP contribution in [0.25, 0.3) is 0 Å². The summed E-state index contributed by atoms with van der Waals surface area (Å²) in [7, 11) is 0. The van der Waals surface area contributed by atoms with Gasteiger partial charge in [0, 0.05) is 5.92 Å². The van der Waals surface area contributed by atoms with E-state index < -0.39 is 0 Å². The molecule has 1 amide bonds. The maximum atomic E-state index is 10.8. The Balaban J connectivity index is 0.000000500. The van der Waals surface area contributed by atoms with Gasteiger partial charge in [-0.1, -0.05) is 0 Å². The van der Waals surface area contributed by atoms with E-state index in [0.717, 1.165) is 6.42 Å².